The molecule has 0 aromatic heterocycles. The molecule has 2 N–H and O–H groups in total. The minimum Gasteiger partial charge on any atom is -0.329 e. The monoisotopic (exact) mass is 260 g/mol. The third-order valence-electron chi connectivity index (χ3n) is 4.74. The van der Waals surface area contributed by atoms with Gasteiger partial charge in [0, 0.05) is 19.1 Å². The van der Waals surface area contributed by atoms with E-state index in [9.17, 15) is 0 Å². The molecular formula is C17H28N2. The predicted molar refractivity (Wildman–Crippen MR) is 82.3 cm³/mol. The van der Waals surface area contributed by atoms with Gasteiger partial charge in [-0.25, -0.2) is 0 Å². The highest BCUT2D eigenvalue weighted by molar-refractivity contribution is 5.20. The smallest absolute Gasteiger partial charge is 0.0284 e. The van der Waals surface area contributed by atoms with E-state index in [1.54, 1.807) is 0 Å². The van der Waals surface area contributed by atoms with Crippen molar-refractivity contribution in [2.24, 2.45) is 11.7 Å². The number of nitrogens with two attached hydrogens (primary N) is 1. The van der Waals surface area contributed by atoms with Crippen LogP contribution in [0, 0.1) is 5.92 Å². The minimum atomic E-state index is 0.466. The second-order valence-corrected chi connectivity index (χ2v) is 5.89. The fraction of sp³-hybridized carbons (Fsp3) is 0.647. The van der Waals surface area contributed by atoms with Crippen molar-refractivity contribution in [1.82, 2.24) is 4.90 Å². The van der Waals surface area contributed by atoms with Crippen LogP contribution in [0.2, 0.25) is 0 Å². The lowest BCUT2D eigenvalue weighted by Crippen LogP contribution is -2.46. The van der Waals surface area contributed by atoms with Gasteiger partial charge in [0.2, 0.25) is 0 Å². The molecule has 2 nitrogen and oxygen atoms in total. The second kappa shape index (κ2) is 7.06. The highest BCUT2D eigenvalue weighted by Crippen LogP contribution is 2.30. The summed E-state index contributed by atoms with van der Waals surface area (Å²) in [5.41, 5.74) is 7.49. The predicted octanol–water partition coefficient (Wildman–Crippen LogP) is 3.24. The molecule has 1 aliphatic rings. The zero-order valence-corrected chi connectivity index (χ0v) is 12.4. The van der Waals surface area contributed by atoms with E-state index in [0.29, 0.717) is 12.0 Å². The summed E-state index contributed by atoms with van der Waals surface area (Å²) in [6.45, 7) is 7.66. The van der Waals surface area contributed by atoms with Crippen LogP contribution in [0.5, 0.6) is 0 Å². The third kappa shape index (κ3) is 3.58. The highest BCUT2D eigenvalue weighted by Gasteiger charge is 2.27. The first-order chi connectivity index (χ1) is 9.26. The molecule has 106 valence electrons. The van der Waals surface area contributed by atoms with Gasteiger partial charge in [0.25, 0.3) is 0 Å². The molecule has 2 unspecified atom stereocenters. The van der Waals surface area contributed by atoms with Crippen LogP contribution in [0.25, 0.3) is 0 Å². The molecule has 19 heavy (non-hydrogen) atoms. The maximum atomic E-state index is 6.08. The number of hydrogen-bond donors (Lipinski definition) is 1. The van der Waals surface area contributed by atoms with Crippen molar-refractivity contribution < 1.29 is 0 Å². The van der Waals surface area contributed by atoms with Crippen LogP contribution in [0.15, 0.2) is 30.3 Å². The molecule has 0 saturated heterocycles. The first kappa shape index (κ1) is 14.5. The van der Waals surface area contributed by atoms with Crippen LogP contribution in [-0.4, -0.2) is 30.6 Å². The molecule has 0 amide bonds. The molecule has 0 aliphatic heterocycles. The van der Waals surface area contributed by atoms with Crippen molar-refractivity contribution in [3.8, 4) is 0 Å². The molecular weight excluding hydrogens is 232 g/mol. The number of likely N-dealkylation sites (N-methyl/N-ethyl adjacent to an activating group) is 1. The quantitative estimate of drug-likeness (QED) is 0.815. The van der Waals surface area contributed by atoms with E-state index in [4.69, 9.17) is 5.73 Å². The summed E-state index contributed by atoms with van der Waals surface area (Å²) < 4.78 is 0. The SMILES string of the molecule is CCN(CC1CCC1)C(CN)C(C)c1ccccc1. The first-order valence-corrected chi connectivity index (χ1v) is 7.75. The van der Waals surface area contributed by atoms with Crippen molar-refractivity contribution >= 4 is 0 Å². The lowest BCUT2D eigenvalue weighted by molar-refractivity contribution is 0.128. The number of rotatable bonds is 7. The van der Waals surface area contributed by atoms with Gasteiger partial charge in [-0.1, -0.05) is 50.6 Å². The Kier molecular flexibility index (Phi) is 5.41. The molecule has 2 rings (SSSR count). The topological polar surface area (TPSA) is 29.3 Å². The van der Waals surface area contributed by atoms with E-state index < -0.39 is 0 Å². The van der Waals surface area contributed by atoms with Crippen molar-refractivity contribution in [2.75, 3.05) is 19.6 Å². The Balaban J connectivity index is 2.03. The maximum Gasteiger partial charge on any atom is 0.0284 e. The van der Waals surface area contributed by atoms with Crippen LogP contribution < -0.4 is 5.73 Å². The fourth-order valence-corrected chi connectivity index (χ4v) is 3.15. The van der Waals surface area contributed by atoms with E-state index in [2.05, 4.69) is 49.1 Å². The number of nitrogens with zero attached hydrogens (tertiary/aromatic N) is 1. The average Bonchev–Trinajstić information content (AvgIpc) is 2.41. The zero-order valence-electron chi connectivity index (χ0n) is 12.4. The van der Waals surface area contributed by atoms with Gasteiger partial charge in [-0.15, -0.1) is 0 Å². The summed E-state index contributed by atoms with van der Waals surface area (Å²) >= 11 is 0. The van der Waals surface area contributed by atoms with Gasteiger partial charge in [-0.05, 0) is 36.8 Å². The summed E-state index contributed by atoms with van der Waals surface area (Å²) in [5, 5.41) is 0. The average molecular weight is 260 g/mol. The summed E-state index contributed by atoms with van der Waals surface area (Å²) in [5.74, 6) is 1.42. The van der Waals surface area contributed by atoms with Crippen LogP contribution in [0.3, 0.4) is 0 Å². The van der Waals surface area contributed by atoms with Crippen LogP contribution in [-0.2, 0) is 0 Å². The molecule has 1 aromatic rings. The molecule has 1 aromatic carbocycles. The lowest BCUT2D eigenvalue weighted by Gasteiger charge is -2.39. The summed E-state index contributed by atoms with van der Waals surface area (Å²) in [6.07, 6.45) is 4.24. The molecule has 1 fully saturated rings. The van der Waals surface area contributed by atoms with Crippen LogP contribution >= 0.6 is 0 Å². The van der Waals surface area contributed by atoms with Crippen LogP contribution in [0.4, 0.5) is 0 Å². The molecule has 0 heterocycles. The molecule has 0 radical (unpaired) electrons. The minimum absolute atomic E-state index is 0.466. The largest absolute Gasteiger partial charge is 0.329 e. The Bertz CT molecular complexity index is 359. The fourth-order valence-electron chi connectivity index (χ4n) is 3.15. The highest BCUT2D eigenvalue weighted by atomic mass is 15.2. The van der Waals surface area contributed by atoms with Crippen molar-refractivity contribution in [1.29, 1.82) is 0 Å². The number of benzene rings is 1. The summed E-state index contributed by atoms with van der Waals surface area (Å²) in [4.78, 5) is 2.60. The lowest BCUT2D eigenvalue weighted by atomic mass is 9.84. The van der Waals surface area contributed by atoms with Crippen molar-refractivity contribution in [2.45, 2.75) is 45.1 Å². The Morgan fingerprint density at radius 3 is 2.42 bits per heavy atom. The van der Waals surface area contributed by atoms with Crippen molar-refractivity contribution in [3.05, 3.63) is 35.9 Å². The van der Waals surface area contributed by atoms with E-state index >= 15 is 0 Å². The second-order valence-electron chi connectivity index (χ2n) is 5.89. The maximum absolute atomic E-state index is 6.08. The molecule has 1 saturated carbocycles. The molecule has 1 aliphatic carbocycles. The van der Waals surface area contributed by atoms with Gasteiger partial charge in [-0.2, -0.15) is 0 Å². The van der Waals surface area contributed by atoms with E-state index in [-0.39, 0.29) is 0 Å². The Labute approximate surface area is 118 Å². The molecule has 0 bridgehead atoms. The zero-order chi connectivity index (χ0) is 13.7. The number of hydrogen-bond acceptors (Lipinski definition) is 2. The Hall–Kier alpha value is -0.860. The first-order valence-electron chi connectivity index (χ1n) is 7.75. The van der Waals surface area contributed by atoms with Gasteiger partial charge in [0.05, 0.1) is 0 Å². The van der Waals surface area contributed by atoms with Gasteiger partial charge in [-0.3, -0.25) is 4.90 Å². The summed E-state index contributed by atoms with van der Waals surface area (Å²) in [6, 6.07) is 11.3. The van der Waals surface area contributed by atoms with E-state index in [1.807, 2.05) is 0 Å². The Morgan fingerprint density at radius 1 is 1.26 bits per heavy atom. The van der Waals surface area contributed by atoms with Gasteiger partial charge in [0.15, 0.2) is 0 Å². The third-order valence-corrected chi connectivity index (χ3v) is 4.74. The molecule has 2 atom stereocenters. The molecule has 0 spiro atoms. The summed E-state index contributed by atoms with van der Waals surface area (Å²) in [7, 11) is 0. The van der Waals surface area contributed by atoms with Gasteiger partial charge >= 0.3 is 0 Å². The van der Waals surface area contributed by atoms with Crippen LogP contribution in [0.1, 0.15) is 44.6 Å². The normalized spacial score (nSPS) is 19.2. The van der Waals surface area contributed by atoms with E-state index in [0.717, 1.165) is 19.0 Å². The van der Waals surface area contributed by atoms with Gasteiger partial charge in [0.1, 0.15) is 0 Å². The van der Waals surface area contributed by atoms with Gasteiger partial charge < -0.3 is 5.73 Å². The Morgan fingerprint density at radius 2 is 1.95 bits per heavy atom. The van der Waals surface area contributed by atoms with E-state index in [1.165, 1.54) is 31.4 Å². The standard InChI is InChI=1S/C17H28N2/c1-3-19(13-15-8-7-9-15)17(12-18)14(2)16-10-5-4-6-11-16/h4-6,10-11,14-15,17H,3,7-9,12-13,18H2,1-2H3. The van der Waals surface area contributed by atoms with Crippen molar-refractivity contribution in [3.63, 3.8) is 0 Å². The molecule has 2 heteroatoms.